The van der Waals surface area contributed by atoms with Crippen LogP contribution in [0.15, 0.2) is 29.3 Å². The van der Waals surface area contributed by atoms with Crippen molar-refractivity contribution in [2.75, 3.05) is 13.2 Å². The Bertz CT molecular complexity index is 688. The van der Waals surface area contributed by atoms with E-state index in [0.29, 0.717) is 24.1 Å². The summed E-state index contributed by atoms with van der Waals surface area (Å²) >= 11 is 0. The second kappa shape index (κ2) is 4.27. The molecule has 0 aliphatic carbocycles. The molecule has 0 radical (unpaired) electrons. The van der Waals surface area contributed by atoms with Gasteiger partial charge in [0, 0.05) is 0 Å². The SMILES string of the molecule is O=c1[nH]cnc2c(O)cc(C3=CCOCC3)cc12. The van der Waals surface area contributed by atoms with Gasteiger partial charge in [-0.1, -0.05) is 6.08 Å². The van der Waals surface area contributed by atoms with Crippen molar-refractivity contribution in [3.05, 3.63) is 40.5 Å². The van der Waals surface area contributed by atoms with E-state index in [2.05, 4.69) is 9.97 Å². The van der Waals surface area contributed by atoms with Crippen LogP contribution in [0, 0.1) is 0 Å². The van der Waals surface area contributed by atoms with E-state index in [4.69, 9.17) is 4.74 Å². The van der Waals surface area contributed by atoms with E-state index in [9.17, 15) is 9.90 Å². The van der Waals surface area contributed by atoms with Gasteiger partial charge >= 0.3 is 0 Å². The number of H-pyrrole nitrogens is 1. The minimum Gasteiger partial charge on any atom is -0.506 e. The minimum absolute atomic E-state index is 0.0287. The highest BCUT2D eigenvalue weighted by Crippen LogP contribution is 2.28. The van der Waals surface area contributed by atoms with Crippen LogP contribution in [-0.4, -0.2) is 28.3 Å². The van der Waals surface area contributed by atoms with Crippen molar-refractivity contribution < 1.29 is 9.84 Å². The summed E-state index contributed by atoms with van der Waals surface area (Å²) in [5, 5.41) is 10.3. The predicted molar refractivity (Wildman–Crippen MR) is 67.4 cm³/mol. The number of hydrogen-bond donors (Lipinski definition) is 2. The second-order valence-corrected chi connectivity index (χ2v) is 4.18. The quantitative estimate of drug-likeness (QED) is 0.795. The first-order valence-corrected chi connectivity index (χ1v) is 5.73. The van der Waals surface area contributed by atoms with Crippen LogP contribution in [0.5, 0.6) is 5.75 Å². The van der Waals surface area contributed by atoms with Gasteiger partial charge in [-0.3, -0.25) is 4.79 Å². The van der Waals surface area contributed by atoms with Crippen LogP contribution in [0.1, 0.15) is 12.0 Å². The lowest BCUT2D eigenvalue weighted by Crippen LogP contribution is -2.08. The first kappa shape index (κ1) is 11.0. The zero-order valence-electron chi connectivity index (χ0n) is 9.64. The summed E-state index contributed by atoms with van der Waals surface area (Å²) in [4.78, 5) is 18.2. The highest BCUT2D eigenvalue weighted by molar-refractivity contribution is 5.87. The third-order valence-corrected chi connectivity index (χ3v) is 3.06. The molecular formula is C13H12N2O3. The number of ether oxygens (including phenoxy) is 1. The van der Waals surface area contributed by atoms with E-state index in [1.54, 1.807) is 12.1 Å². The second-order valence-electron chi connectivity index (χ2n) is 4.18. The Hall–Kier alpha value is -2.14. The van der Waals surface area contributed by atoms with Crippen LogP contribution in [-0.2, 0) is 4.74 Å². The lowest BCUT2D eigenvalue weighted by molar-refractivity contribution is 0.161. The third-order valence-electron chi connectivity index (χ3n) is 3.06. The summed E-state index contributed by atoms with van der Waals surface area (Å²) in [5.41, 5.74) is 2.02. The van der Waals surface area contributed by atoms with Crippen molar-refractivity contribution in [1.82, 2.24) is 9.97 Å². The average Bonchev–Trinajstić information content (AvgIpc) is 2.41. The number of nitrogens with one attached hydrogen (secondary N) is 1. The molecule has 0 amide bonds. The van der Waals surface area contributed by atoms with E-state index in [0.717, 1.165) is 17.6 Å². The number of nitrogens with zero attached hydrogens (tertiary/aromatic N) is 1. The molecule has 3 rings (SSSR count). The molecule has 0 saturated carbocycles. The molecule has 1 aliphatic heterocycles. The summed E-state index contributed by atoms with van der Waals surface area (Å²) in [7, 11) is 0. The highest BCUT2D eigenvalue weighted by atomic mass is 16.5. The fourth-order valence-electron chi connectivity index (χ4n) is 2.14. The molecule has 5 heteroatoms. The fraction of sp³-hybridized carbons (Fsp3) is 0.231. The van der Waals surface area contributed by atoms with Gasteiger partial charge in [-0.15, -0.1) is 0 Å². The Morgan fingerprint density at radius 3 is 3.06 bits per heavy atom. The molecule has 2 aromatic rings. The topological polar surface area (TPSA) is 75.2 Å². The van der Waals surface area contributed by atoms with Gasteiger partial charge in [0.1, 0.15) is 11.3 Å². The van der Waals surface area contributed by atoms with Crippen LogP contribution >= 0.6 is 0 Å². The van der Waals surface area contributed by atoms with Crippen molar-refractivity contribution >= 4 is 16.5 Å². The largest absolute Gasteiger partial charge is 0.506 e. The standard InChI is InChI=1S/C13H12N2O3/c16-11-6-9(8-1-3-18-4-2-8)5-10-12(11)14-7-15-13(10)17/h1,5-7,16H,2-4H2,(H,14,15,17). The van der Waals surface area contributed by atoms with Crippen molar-refractivity contribution in [1.29, 1.82) is 0 Å². The predicted octanol–water partition coefficient (Wildman–Crippen LogP) is 1.43. The van der Waals surface area contributed by atoms with E-state index in [-0.39, 0.29) is 11.3 Å². The van der Waals surface area contributed by atoms with E-state index in [1.807, 2.05) is 6.08 Å². The van der Waals surface area contributed by atoms with Crippen molar-refractivity contribution in [3.8, 4) is 5.75 Å². The van der Waals surface area contributed by atoms with Crippen LogP contribution in [0.4, 0.5) is 0 Å². The van der Waals surface area contributed by atoms with Crippen LogP contribution in [0.25, 0.3) is 16.5 Å². The van der Waals surface area contributed by atoms with Gasteiger partial charge in [0.25, 0.3) is 5.56 Å². The lowest BCUT2D eigenvalue weighted by Gasteiger charge is -2.14. The molecule has 0 fully saturated rings. The molecule has 1 aromatic carbocycles. The van der Waals surface area contributed by atoms with Gasteiger partial charge < -0.3 is 14.8 Å². The molecule has 2 N–H and O–H groups in total. The monoisotopic (exact) mass is 244 g/mol. The molecule has 5 nitrogen and oxygen atoms in total. The van der Waals surface area contributed by atoms with Gasteiger partial charge in [0.05, 0.1) is 24.9 Å². The number of aromatic nitrogens is 2. The zero-order valence-corrected chi connectivity index (χ0v) is 9.64. The van der Waals surface area contributed by atoms with E-state index < -0.39 is 0 Å². The van der Waals surface area contributed by atoms with E-state index >= 15 is 0 Å². The molecular weight excluding hydrogens is 232 g/mol. The minimum atomic E-state index is -0.246. The van der Waals surface area contributed by atoms with Crippen molar-refractivity contribution in [2.45, 2.75) is 6.42 Å². The Kier molecular flexibility index (Phi) is 2.60. The molecule has 1 aliphatic rings. The maximum absolute atomic E-state index is 11.7. The van der Waals surface area contributed by atoms with Crippen molar-refractivity contribution in [2.24, 2.45) is 0 Å². The number of aromatic amines is 1. The Morgan fingerprint density at radius 2 is 2.28 bits per heavy atom. The van der Waals surface area contributed by atoms with Gasteiger partial charge in [-0.05, 0) is 29.7 Å². The van der Waals surface area contributed by atoms with Crippen LogP contribution in [0.2, 0.25) is 0 Å². The summed E-state index contributed by atoms with van der Waals surface area (Å²) in [6.07, 6.45) is 4.04. The van der Waals surface area contributed by atoms with Crippen LogP contribution < -0.4 is 5.56 Å². The molecule has 2 heterocycles. The molecule has 18 heavy (non-hydrogen) atoms. The van der Waals surface area contributed by atoms with Crippen LogP contribution in [0.3, 0.4) is 0 Å². The summed E-state index contributed by atoms with van der Waals surface area (Å²) in [6.45, 7) is 1.23. The van der Waals surface area contributed by atoms with Gasteiger partial charge in [-0.2, -0.15) is 0 Å². The summed E-state index contributed by atoms with van der Waals surface area (Å²) < 4.78 is 5.24. The third kappa shape index (κ3) is 1.78. The summed E-state index contributed by atoms with van der Waals surface area (Å²) in [5.74, 6) is 0.0287. The Morgan fingerprint density at radius 1 is 1.39 bits per heavy atom. The number of phenols is 1. The molecule has 1 aromatic heterocycles. The molecule has 0 unspecified atom stereocenters. The normalized spacial score (nSPS) is 15.7. The molecule has 0 bridgehead atoms. The lowest BCUT2D eigenvalue weighted by atomic mass is 9.99. The number of benzene rings is 1. The zero-order chi connectivity index (χ0) is 12.5. The number of rotatable bonds is 1. The Balaban J connectivity index is 2.23. The molecule has 0 atom stereocenters. The van der Waals surface area contributed by atoms with Gasteiger partial charge in [0.15, 0.2) is 0 Å². The number of phenolic OH excluding ortho intramolecular Hbond substituents is 1. The number of fused-ring (bicyclic) bond motifs is 1. The van der Waals surface area contributed by atoms with E-state index in [1.165, 1.54) is 6.33 Å². The first-order valence-electron chi connectivity index (χ1n) is 5.73. The molecule has 92 valence electrons. The maximum Gasteiger partial charge on any atom is 0.258 e. The number of hydrogen-bond acceptors (Lipinski definition) is 4. The maximum atomic E-state index is 11.7. The summed E-state index contributed by atoms with van der Waals surface area (Å²) in [6, 6.07) is 3.41. The highest BCUT2D eigenvalue weighted by Gasteiger charge is 2.11. The van der Waals surface area contributed by atoms with Gasteiger partial charge in [0.2, 0.25) is 0 Å². The first-order chi connectivity index (χ1) is 8.75. The average molecular weight is 244 g/mol. The smallest absolute Gasteiger partial charge is 0.258 e. The number of aromatic hydroxyl groups is 1. The Labute approximate surface area is 103 Å². The van der Waals surface area contributed by atoms with Gasteiger partial charge in [-0.25, -0.2) is 4.98 Å². The van der Waals surface area contributed by atoms with Crippen molar-refractivity contribution in [3.63, 3.8) is 0 Å². The fourth-order valence-corrected chi connectivity index (χ4v) is 2.14. The molecule has 0 spiro atoms. The molecule has 0 saturated heterocycles.